The number of nitrogens with zero attached hydrogens (tertiary/aromatic N) is 3. The fourth-order valence-electron chi connectivity index (χ4n) is 3.99. The van der Waals surface area contributed by atoms with Gasteiger partial charge in [-0.25, -0.2) is 20.4 Å². The van der Waals surface area contributed by atoms with Crippen LogP contribution >= 0.6 is 11.6 Å². The molecule has 2 aromatic carbocycles. The largest absolute Gasteiger partial charge is 0.453 e. The van der Waals surface area contributed by atoms with Crippen LogP contribution in [0.25, 0.3) is 17.3 Å². The number of ether oxygens (including phenoxy) is 2. The monoisotopic (exact) mass is 593 g/mol. The number of fused-ring (bicyclic) bond motifs is 4. The molecule has 1 aromatic heterocycles. The Labute approximate surface area is 245 Å². The zero-order valence-electron chi connectivity index (χ0n) is 22.3. The molecular weight excluding hydrogens is 566 g/mol. The van der Waals surface area contributed by atoms with Crippen molar-refractivity contribution in [2.24, 2.45) is 16.8 Å². The van der Waals surface area contributed by atoms with Gasteiger partial charge in [0.25, 0.3) is 0 Å². The van der Waals surface area contributed by atoms with Gasteiger partial charge in [-0.05, 0) is 48.9 Å². The second kappa shape index (κ2) is 13.8. The topological polar surface area (TPSA) is 202 Å². The molecule has 1 aliphatic rings. The highest BCUT2D eigenvalue weighted by Crippen LogP contribution is 2.31. The van der Waals surface area contributed by atoms with E-state index >= 15 is 0 Å². The summed E-state index contributed by atoms with van der Waals surface area (Å²) >= 11 is 6.14. The van der Waals surface area contributed by atoms with E-state index in [9.17, 15) is 14.4 Å². The first-order chi connectivity index (χ1) is 20.3. The zero-order chi connectivity index (χ0) is 30.1. The number of nitrogens with two attached hydrogens (primary N) is 2. The number of nitrogens with one attached hydrogen (secondary N) is 4. The van der Waals surface area contributed by atoms with Gasteiger partial charge in [0.15, 0.2) is 0 Å². The number of amides is 3. The van der Waals surface area contributed by atoms with Gasteiger partial charge in [0.2, 0.25) is 5.91 Å². The fraction of sp³-hybridized carbons (Fsp3) is 0.148. The number of hydrazine groups is 1. The van der Waals surface area contributed by atoms with Gasteiger partial charge in [-0.1, -0.05) is 23.8 Å². The van der Waals surface area contributed by atoms with E-state index in [2.05, 4.69) is 35.8 Å². The van der Waals surface area contributed by atoms with Gasteiger partial charge < -0.3 is 25.6 Å². The van der Waals surface area contributed by atoms with Crippen molar-refractivity contribution in [1.29, 1.82) is 0 Å². The van der Waals surface area contributed by atoms with E-state index in [1.54, 1.807) is 60.8 Å². The van der Waals surface area contributed by atoms with Crippen molar-refractivity contribution in [3.05, 3.63) is 77.2 Å². The first-order valence-corrected chi connectivity index (χ1v) is 12.8. The maximum absolute atomic E-state index is 13.0. The second-order valence-corrected chi connectivity index (χ2v) is 9.18. The van der Waals surface area contributed by atoms with Crippen molar-refractivity contribution in [1.82, 2.24) is 15.3 Å². The number of methoxy groups -OCH3 is 1. The van der Waals surface area contributed by atoms with Crippen LogP contribution in [-0.4, -0.2) is 48.1 Å². The molecule has 0 radical (unpaired) electrons. The van der Waals surface area contributed by atoms with Crippen LogP contribution in [0.2, 0.25) is 5.02 Å². The Morgan fingerprint density at radius 1 is 1.26 bits per heavy atom. The lowest BCUT2D eigenvalue weighted by molar-refractivity contribution is -0.117. The van der Waals surface area contributed by atoms with Gasteiger partial charge in [0.05, 0.1) is 30.2 Å². The number of rotatable bonds is 6. The quantitative estimate of drug-likeness (QED) is 0.0612. The third-order valence-corrected chi connectivity index (χ3v) is 6.17. The van der Waals surface area contributed by atoms with E-state index in [4.69, 9.17) is 28.0 Å². The van der Waals surface area contributed by atoms with E-state index in [0.29, 0.717) is 51.2 Å². The van der Waals surface area contributed by atoms with Crippen LogP contribution in [0.5, 0.6) is 0 Å². The van der Waals surface area contributed by atoms with Crippen molar-refractivity contribution in [2.75, 3.05) is 29.4 Å². The molecule has 0 spiro atoms. The second-order valence-electron chi connectivity index (χ2n) is 8.75. The molecular formula is C27H28ClN9O5. The van der Waals surface area contributed by atoms with Gasteiger partial charge in [-0.15, -0.1) is 0 Å². The van der Waals surface area contributed by atoms with Gasteiger partial charge in [0, 0.05) is 34.1 Å². The lowest BCUT2D eigenvalue weighted by atomic mass is 10.1. The number of hydrogen-bond donors (Lipinski definition) is 6. The number of aromatic amines is 1. The Balaban J connectivity index is 1.60. The molecule has 4 rings (SSSR count). The lowest BCUT2D eigenvalue weighted by Gasteiger charge is -2.16. The number of carbonyl (C=O) groups is 3. The summed E-state index contributed by atoms with van der Waals surface area (Å²) in [6.45, 7) is -0.0102. The maximum Gasteiger partial charge on any atom is 0.411 e. The van der Waals surface area contributed by atoms with E-state index in [-0.39, 0.29) is 6.61 Å². The molecule has 3 amide bonds. The van der Waals surface area contributed by atoms with Crippen LogP contribution in [0.3, 0.4) is 0 Å². The SMILES string of the molecule is COC(=O)Nc1ccc2c(c1)NC(=O)OC/C=C/C[C@H](NC(=O)/C=C/c1cc(Cl)ccc1N(N)/C=N\N)c1nc-2c[nH]1. The molecule has 3 aromatic rings. The number of benzene rings is 2. The number of aromatic nitrogens is 2. The van der Waals surface area contributed by atoms with Crippen LogP contribution < -0.4 is 32.6 Å². The van der Waals surface area contributed by atoms with Crippen molar-refractivity contribution in [2.45, 2.75) is 12.5 Å². The molecule has 0 fully saturated rings. The molecule has 2 bridgehead atoms. The molecule has 42 heavy (non-hydrogen) atoms. The molecule has 218 valence electrons. The van der Waals surface area contributed by atoms with Crippen molar-refractivity contribution in [3.8, 4) is 11.3 Å². The predicted molar refractivity (Wildman–Crippen MR) is 159 cm³/mol. The Bertz CT molecular complexity index is 1550. The van der Waals surface area contributed by atoms with Gasteiger partial charge in [-0.3, -0.25) is 20.4 Å². The van der Waals surface area contributed by atoms with Crippen LogP contribution in [-0.2, 0) is 14.3 Å². The molecule has 15 heteroatoms. The molecule has 0 aliphatic carbocycles. The van der Waals surface area contributed by atoms with Gasteiger partial charge in [-0.2, -0.15) is 5.10 Å². The molecule has 1 atom stereocenters. The Hall–Kier alpha value is -5.34. The van der Waals surface area contributed by atoms with E-state index in [0.717, 1.165) is 0 Å². The molecule has 0 saturated heterocycles. The number of cyclic esters (lactones) is 1. The highest BCUT2D eigenvalue weighted by molar-refractivity contribution is 6.30. The molecule has 8 N–H and O–H groups in total. The summed E-state index contributed by atoms with van der Waals surface area (Å²) < 4.78 is 9.87. The van der Waals surface area contributed by atoms with Crippen LogP contribution in [0.15, 0.2) is 65.9 Å². The van der Waals surface area contributed by atoms with Crippen molar-refractivity contribution in [3.63, 3.8) is 0 Å². The maximum atomic E-state index is 13.0. The summed E-state index contributed by atoms with van der Waals surface area (Å²) in [6.07, 6.45) is 8.16. The van der Waals surface area contributed by atoms with E-state index < -0.39 is 24.1 Å². The number of halogens is 1. The number of hydrogen-bond acceptors (Lipinski definition) is 9. The summed E-state index contributed by atoms with van der Waals surface area (Å²) in [4.78, 5) is 44.9. The average Bonchev–Trinajstić information content (AvgIpc) is 3.45. The van der Waals surface area contributed by atoms with Crippen LogP contribution in [0.4, 0.5) is 26.7 Å². The number of carbonyl (C=O) groups excluding carboxylic acids is 3. The highest BCUT2D eigenvalue weighted by atomic mass is 35.5. The van der Waals surface area contributed by atoms with E-state index in [1.807, 2.05) is 0 Å². The highest BCUT2D eigenvalue weighted by Gasteiger charge is 2.20. The average molecular weight is 594 g/mol. The van der Waals surface area contributed by atoms with Gasteiger partial charge in [0.1, 0.15) is 18.8 Å². The third kappa shape index (κ3) is 7.65. The first-order valence-electron chi connectivity index (χ1n) is 12.5. The summed E-state index contributed by atoms with van der Waals surface area (Å²) in [5, 5.41) is 13.2. The first kappa shape index (κ1) is 29.6. The summed E-state index contributed by atoms with van der Waals surface area (Å²) in [5.41, 5.74) is 2.82. The summed E-state index contributed by atoms with van der Waals surface area (Å²) in [5.74, 6) is 11.2. The van der Waals surface area contributed by atoms with Crippen molar-refractivity contribution >= 4 is 59.2 Å². The molecule has 2 heterocycles. The molecule has 14 nitrogen and oxygen atoms in total. The fourth-order valence-corrected chi connectivity index (χ4v) is 4.17. The van der Waals surface area contributed by atoms with Crippen LogP contribution in [0, 0.1) is 0 Å². The number of H-pyrrole nitrogens is 1. The minimum atomic E-state index is -0.699. The Kier molecular flexibility index (Phi) is 9.76. The minimum Gasteiger partial charge on any atom is -0.453 e. The molecule has 0 unspecified atom stereocenters. The minimum absolute atomic E-state index is 0.0102. The lowest BCUT2D eigenvalue weighted by Crippen LogP contribution is -2.30. The number of imidazole rings is 1. The van der Waals surface area contributed by atoms with E-state index in [1.165, 1.54) is 24.5 Å². The Morgan fingerprint density at radius 3 is 2.88 bits per heavy atom. The standard InChI is InChI=1S/C27H28ClN9O5/c1-41-26(39)33-18-7-8-19-21(13-18)36-27(40)42-11-3-2-4-20(25-31-14-22(19)35-25)34-24(38)10-5-16-12-17(28)6-9-23(16)37(30)15-32-29/h2-3,5-10,12-15,20H,4,11,29-30H2,1H3,(H,31,35)(H,33,39)(H,34,38)(H,36,40)/b3-2+,10-5+,32-15-/t20-/m0/s1. The van der Waals surface area contributed by atoms with Gasteiger partial charge >= 0.3 is 12.2 Å². The third-order valence-electron chi connectivity index (χ3n) is 5.93. The smallest absolute Gasteiger partial charge is 0.411 e. The molecule has 1 aliphatic heterocycles. The summed E-state index contributed by atoms with van der Waals surface area (Å²) in [6, 6.07) is 9.25. The number of anilines is 3. The normalized spacial score (nSPS) is 15.8. The van der Waals surface area contributed by atoms with Crippen LogP contribution in [0.1, 0.15) is 23.9 Å². The molecule has 0 saturated carbocycles. The van der Waals surface area contributed by atoms with Crippen molar-refractivity contribution < 1.29 is 23.9 Å². The predicted octanol–water partition coefficient (Wildman–Crippen LogP) is 3.87. The Morgan fingerprint density at radius 2 is 2.10 bits per heavy atom. The zero-order valence-corrected chi connectivity index (χ0v) is 23.1. The summed E-state index contributed by atoms with van der Waals surface area (Å²) in [7, 11) is 1.24. The number of hydrazone groups is 1.